The van der Waals surface area contributed by atoms with E-state index >= 15 is 0 Å². The molecule has 0 radical (unpaired) electrons. The summed E-state index contributed by atoms with van der Waals surface area (Å²) in [4.78, 5) is 16.1. The van der Waals surface area contributed by atoms with Gasteiger partial charge in [0.15, 0.2) is 12.4 Å². The molecule has 0 aliphatic rings. The summed E-state index contributed by atoms with van der Waals surface area (Å²) >= 11 is 5.97. The number of nitrogens with zero attached hydrogens (tertiary/aromatic N) is 3. The van der Waals surface area contributed by atoms with Gasteiger partial charge in [-0.3, -0.25) is 0 Å². The largest absolute Gasteiger partial charge is 0.454 e. The number of rotatable bonds is 5. The van der Waals surface area contributed by atoms with Crippen molar-refractivity contribution in [2.45, 2.75) is 27.0 Å². The second kappa shape index (κ2) is 6.58. The highest BCUT2D eigenvalue weighted by Gasteiger charge is 2.14. The van der Waals surface area contributed by atoms with E-state index in [1.54, 1.807) is 16.8 Å². The Bertz CT molecular complexity index is 640. The molecule has 0 atom stereocenters. The van der Waals surface area contributed by atoms with Crippen molar-refractivity contribution in [1.29, 1.82) is 0 Å². The van der Waals surface area contributed by atoms with E-state index in [4.69, 9.17) is 22.1 Å². The molecule has 0 amide bonds. The van der Waals surface area contributed by atoms with Crippen molar-refractivity contribution in [2.75, 3.05) is 5.73 Å². The molecule has 0 fully saturated rings. The fourth-order valence-electron chi connectivity index (χ4n) is 1.80. The molecule has 0 saturated heterocycles. The molecule has 2 aromatic rings. The van der Waals surface area contributed by atoms with Gasteiger partial charge in [0.1, 0.15) is 6.33 Å². The van der Waals surface area contributed by atoms with Crippen LogP contribution in [0.2, 0.25) is 5.02 Å². The number of halogens is 1. The molecule has 0 spiro atoms. The second-order valence-corrected chi connectivity index (χ2v) is 5.47. The van der Waals surface area contributed by atoms with Crippen LogP contribution in [0.5, 0.6) is 0 Å². The number of nitrogen functional groups attached to an aromatic ring is 1. The molecule has 1 heterocycles. The maximum atomic E-state index is 12.0. The van der Waals surface area contributed by atoms with Crippen LogP contribution in [-0.2, 0) is 17.9 Å². The van der Waals surface area contributed by atoms with Gasteiger partial charge in [0, 0.05) is 12.2 Å². The number of anilines is 1. The van der Waals surface area contributed by atoms with Crippen molar-refractivity contribution in [3.05, 3.63) is 40.9 Å². The zero-order chi connectivity index (χ0) is 15.4. The standard InChI is InChI=1S/C14H17ClN4O2/c1-9(2)6-19-13(17-8-18-19)7-21-14(20)11-4-3-10(16)5-12(11)15/h3-5,8-9H,6-7,16H2,1-2H3. The van der Waals surface area contributed by atoms with Crippen molar-refractivity contribution in [3.8, 4) is 0 Å². The van der Waals surface area contributed by atoms with E-state index in [2.05, 4.69) is 23.9 Å². The van der Waals surface area contributed by atoms with Crippen LogP contribution in [0, 0.1) is 5.92 Å². The highest BCUT2D eigenvalue weighted by molar-refractivity contribution is 6.33. The lowest BCUT2D eigenvalue weighted by atomic mass is 10.2. The van der Waals surface area contributed by atoms with Crippen LogP contribution in [0.25, 0.3) is 0 Å². The van der Waals surface area contributed by atoms with Crippen LogP contribution in [0.15, 0.2) is 24.5 Å². The smallest absolute Gasteiger partial charge is 0.340 e. The van der Waals surface area contributed by atoms with E-state index < -0.39 is 5.97 Å². The molecule has 7 heteroatoms. The van der Waals surface area contributed by atoms with Gasteiger partial charge in [-0.15, -0.1) is 0 Å². The van der Waals surface area contributed by atoms with Crippen LogP contribution in [0.3, 0.4) is 0 Å². The summed E-state index contributed by atoms with van der Waals surface area (Å²) in [6.07, 6.45) is 1.45. The third-order valence-corrected chi connectivity index (χ3v) is 3.09. The monoisotopic (exact) mass is 308 g/mol. The van der Waals surface area contributed by atoms with Gasteiger partial charge in [0.05, 0.1) is 10.6 Å². The Balaban J connectivity index is 2.03. The van der Waals surface area contributed by atoms with Gasteiger partial charge in [0.2, 0.25) is 0 Å². The number of ether oxygens (including phenoxy) is 1. The molecule has 0 unspecified atom stereocenters. The van der Waals surface area contributed by atoms with Crippen LogP contribution in [-0.4, -0.2) is 20.7 Å². The summed E-state index contributed by atoms with van der Waals surface area (Å²) in [5.41, 5.74) is 6.36. The summed E-state index contributed by atoms with van der Waals surface area (Å²) in [6, 6.07) is 4.65. The minimum Gasteiger partial charge on any atom is -0.454 e. The van der Waals surface area contributed by atoms with Crippen molar-refractivity contribution >= 4 is 23.3 Å². The number of benzene rings is 1. The maximum Gasteiger partial charge on any atom is 0.340 e. The lowest BCUT2D eigenvalue weighted by molar-refractivity contribution is 0.0456. The predicted octanol–water partition coefficient (Wildman–Crippen LogP) is 2.53. The first kappa shape index (κ1) is 15.3. The first-order valence-electron chi connectivity index (χ1n) is 6.56. The zero-order valence-corrected chi connectivity index (χ0v) is 12.7. The number of carbonyl (C=O) groups is 1. The highest BCUT2D eigenvalue weighted by atomic mass is 35.5. The Labute approximate surface area is 127 Å². The average Bonchev–Trinajstić information content (AvgIpc) is 2.82. The maximum absolute atomic E-state index is 12.0. The number of nitrogens with two attached hydrogens (primary N) is 1. The van der Waals surface area contributed by atoms with E-state index in [-0.39, 0.29) is 17.2 Å². The molecular weight excluding hydrogens is 292 g/mol. The van der Waals surface area contributed by atoms with Gasteiger partial charge in [-0.1, -0.05) is 25.4 Å². The van der Waals surface area contributed by atoms with Crippen molar-refractivity contribution in [2.24, 2.45) is 5.92 Å². The highest BCUT2D eigenvalue weighted by Crippen LogP contribution is 2.20. The normalized spacial score (nSPS) is 10.9. The van der Waals surface area contributed by atoms with Crippen LogP contribution in [0.4, 0.5) is 5.69 Å². The van der Waals surface area contributed by atoms with Gasteiger partial charge in [-0.2, -0.15) is 5.10 Å². The number of hydrogen-bond acceptors (Lipinski definition) is 5. The molecule has 21 heavy (non-hydrogen) atoms. The third kappa shape index (κ3) is 3.95. The first-order chi connectivity index (χ1) is 9.97. The molecule has 0 saturated carbocycles. The SMILES string of the molecule is CC(C)Cn1ncnc1COC(=O)c1ccc(N)cc1Cl. The lowest BCUT2D eigenvalue weighted by Gasteiger charge is -2.09. The van der Waals surface area contributed by atoms with E-state index in [1.807, 2.05) is 0 Å². The molecule has 1 aromatic heterocycles. The quantitative estimate of drug-likeness (QED) is 0.678. The number of aromatic nitrogens is 3. The Hall–Kier alpha value is -2.08. The minimum atomic E-state index is -0.515. The zero-order valence-electron chi connectivity index (χ0n) is 11.9. The Morgan fingerprint density at radius 2 is 2.24 bits per heavy atom. The molecule has 0 aliphatic heterocycles. The van der Waals surface area contributed by atoms with Crippen LogP contribution in [0.1, 0.15) is 30.0 Å². The molecule has 0 aliphatic carbocycles. The van der Waals surface area contributed by atoms with Gasteiger partial charge in [0.25, 0.3) is 0 Å². The molecule has 0 bridgehead atoms. The number of carbonyl (C=O) groups excluding carboxylic acids is 1. The predicted molar refractivity (Wildman–Crippen MR) is 79.8 cm³/mol. The van der Waals surface area contributed by atoms with Gasteiger partial charge >= 0.3 is 5.97 Å². The molecule has 1 aromatic carbocycles. The number of hydrogen-bond donors (Lipinski definition) is 1. The molecule has 2 rings (SSSR count). The summed E-state index contributed by atoms with van der Waals surface area (Å²) < 4.78 is 6.95. The fraction of sp³-hybridized carbons (Fsp3) is 0.357. The Morgan fingerprint density at radius 3 is 2.90 bits per heavy atom. The van der Waals surface area contributed by atoms with E-state index in [0.717, 1.165) is 6.54 Å². The molecular formula is C14H17ClN4O2. The summed E-state index contributed by atoms with van der Waals surface area (Å²) in [5, 5.41) is 4.38. The minimum absolute atomic E-state index is 0.0479. The van der Waals surface area contributed by atoms with Crippen LogP contribution >= 0.6 is 11.6 Å². The van der Waals surface area contributed by atoms with Gasteiger partial charge in [-0.25, -0.2) is 14.5 Å². The Kier molecular flexibility index (Phi) is 4.80. The van der Waals surface area contributed by atoms with Crippen molar-refractivity contribution in [3.63, 3.8) is 0 Å². The fourth-order valence-corrected chi connectivity index (χ4v) is 2.07. The number of esters is 1. The first-order valence-corrected chi connectivity index (χ1v) is 6.94. The molecule has 2 N–H and O–H groups in total. The van der Waals surface area contributed by atoms with Gasteiger partial charge in [-0.05, 0) is 24.1 Å². The summed E-state index contributed by atoms with van der Waals surface area (Å²) in [7, 11) is 0. The third-order valence-electron chi connectivity index (χ3n) is 2.78. The molecule has 112 valence electrons. The average molecular weight is 309 g/mol. The summed E-state index contributed by atoms with van der Waals surface area (Å²) in [6.45, 7) is 4.92. The van der Waals surface area contributed by atoms with Crippen molar-refractivity contribution in [1.82, 2.24) is 14.8 Å². The van der Waals surface area contributed by atoms with Crippen LogP contribution < -0.4 is 5.73 Å². The Morgan fingerprint density at radius 1 is 1.48 bits per heavy atom. The van der Waals surface area contributed by atoms with Gasteiger partial charge < -0.3 is 10.5 Å². The summed E-state index contributed by atoms with van der Waals surface area (Å²) in [5.74, 6) is 0.510. The second-order valence-electron chi connectivity index (χ2n) is 5.07. The topological polar surface area (TPSA) is 83.0 Å². The lowest BCUT2D eigenvalue weighted by Crippen LogP contribution is -2.13. The van der Waals surface area contributed by atoms with E-state index in [0.29, 0.717) is 17.4 Å². The van der Waals surface area contributed by atoms with E-state index in [9.17, 15) is 4.79 Å². The van der Waals surface area contributed by atoms with E-state index in [1.165, 1.54) is 12.4 Å². The van der Waals surface area contributed by atoms with Crippen molar-refractivity contribution < 1.29 is 9.53 Å². The molecule has 6 nitrogen and oxygen atoms in total.